The average Bonchev–Trinajstić information content (AvgIpc) is 3.83. The molecule has 0 aromatic heterocycles. The monoisotopic (exact) mass is 801 g/mol. The molecule has 2 nitrogen and oxygen atoms in total. The summed E-state index contributed by atoms with van der Waals surface area (Å²) in [5.41, 5.74) is 22.7. The van der Waals surface area contributed by atoms with Crippen LogP contribution >= 0.6 is 0 Å². The second-order valence-corrected chi connectivity index (χ2v) is 16.8. The summed E-state index contributed by atoms with van der Waals surface area (Å²) in [6.07, 6.45) is 0. The van der Waals surface area contributed by atoms with Gasteiger partial charge in [0.05, 0.1) is 16.8 Å². The first kappa shape index (κ1) is 35.5. The van der Waals surface area contributed by atoms with Crippen LogP contribution < -0.4 is 9.64 Å². The lowest BCUT2D eigenvalue weighted by Gasteiger charge is -2.33. The van der Waals surface area contributed by atoms with Crippen LogP contribution in [0.15, 0.2) is 237 Å². The van der Waals surface area contributed by atoms with E-state index in [9.17, 15) is 0 Å². The fraction of sp³-hybridized carbons (Fsp3) is 0.0164. The lowest BCUT2D eigenvalue weighted by Crippen LogP contribution is -2.25. The average molecular weight is 802 g/mol. The third-order valence-electron chi connectivity index (χ3n) is 13.5. The zero-order valence-electron chi connectivity index (χ0n) is 34.4. The standard InChI is InChI=1S/C61H39NO/c1-4-15-40(16-5-1)45-30-35-56-58(38-45)63-59-39-46(41-17-6-2-7-18-41)31-36-57(59)62(56)47-32-27-42(28-33-47)44-29-34-54-51(37-44)49-21-10-12-24-52(49)61(54)53-25-13-11-22-50(53)60-48(23-14-26-55(60)61)43-19-8-3-9-20-43/h1-39H. The van der Waals surface area contributed by atoms with Gasteiger partial charge in [0.2, 0.25) is 0 Å². The Morgan fingerprint density at radius 2 is 0.730 bits per heavy atom. The molecule has 0 fully saturated rings. The second kappa shape index (κ2) is 13.9. The molecule has 10 aromatic carbocycles. The Labute approximate surface area is 367 Å². The largest absolute Gasteiger partial charge is 0.453 e. The summed E-state index contributed by atoms with van der Waals surface area (Å²) < 4.78 is 6.79. The Kier molecular flexibility index (Phi) is 7.85. The van der Waals surface area contributed by atoms with Crippen molar-refractivity contribution in [3.63, 3.8) is 0 Å². The smallest absolute Gasteiger partial charge is 0.152 e. The molecule has 0 amide bonds. The number of ether oxygens (including phenoxy) is 1. The number of hydrogen-bond acceptors (Lipinski definition) is 2. The van der Waals surface area contributed by atoms with E-state index in [0.29, 0.717) is 0 Å². The molecule has 1 atom stereocenters. The molecule has 2 heteroatoms. The maximum absolute atomic E-state index is 6.79. The minimum absolute atomic E-state index is 0.414. The highest BCUT2D eigenvalue weighted by atomic mass is 16.5. The molecular weight excluding hydrogens is 763 g/mol. The molecule has 1 heterocycles. The first-order chi connectivity index (χ1) is 31.2. The summed E-state index contributed by atoms with van der Waals surface area (Å²) in [6.45, 7) is 0. The highest BCUT2D eigenvalue weighted by Crippen LogP contribution is 2.64. The molecule has 0 saturated heterocycles. The minimum atomic E-state index is -0.414. The van der Waals surface area contributed by atoms with Crippen LogP contribution in [0.25, 0.3) is 66.8 Å². The lowest BCUT2D eigenvalue weighted by molar-refractivity contribution is 0.477. The molecule has 63 heavy (non-hydrogen) atoms. The molecule has 0 N–H and O–H groups in total. The SMILES string of the molecule is c1ccc(-c2ccc3c(c2)Oc2cc(-c4ccccc4)ccc2N3c2ccc(-c3ccc4c(c3)-c3ccccc3C43c4ccccc4-c4c(-c5ccccc5)cccc43)cc2)cc1. The molecule has 0 saturated carbocycles. The number of nitrogens with zero attached hydrogens (tertiary/aromatic N) is 1. The van der Waals surface area contributed by atoms with Crippen LogP contribution in [0.1, 0.15) is 22.3 Å². The first-order valence-corrected chi connectivity index (χ1v) is 21.7. The summed E-state index contributed by atoms with van der Waals surface area (Å²) >= 11 is 0. The van der Waals surface area contributed by atoms with Crippen molar-refractivity contribution in [3.05, 3.63) is 259 Å². The molecule has 13 rings (SSSR count). The highest BCUT2D eigenvalue weighted by Gasteiger charge is 2.52. The fourth-order valence-corrected chi connectivity index (χ4v) is 10.7. The van der Waals surface area contributed by atoms with Crippen LogP contribution in [0.4, 0.5) is 17.1 Å². The summed E-state index contributed by atoms with van der Waals surface area (Å²) in [7, 11) is 0. The zero-order chi connectivity index (χ0) is 41.5. The summed E-state index contributed by atoms with van der Waals surface area (Å²) in [5, 5.41) is 0. The van der Waals surface area contributed by atoms with Gasteiger partial charge in [-0.1, -0.05) is 194 Å². The van der Waals surface area contributed by atoms with Crippen LogP contribution in [-0.4, -0.2) is 0 Å². The summed E-state index contributed by atoms with van der Waals surface area (Å²) in [4.78, 5) is 2.34. The summed E-state index contributed by atoms with van der Waals surface area (Å²) in [5.74, 6) is 1.66. The van der Waals surface area contributed by atoms with Gasteiger partial charge in [0.15, 0.2) is 11.5 Å². The zero-order valence-corrected chi connectivity index (χ0v) is 34.4. The van der Waals surface area contributed by atoms with Gasteiger partial charge in [-0.25, -0.2) is 0 Å². The number of hydrogen-bond donors (Lipinski definition) is 0. The highest BCUT2D eigenvalue weighted by molar-refractivity contribution is 6.00. The minimum Gasteiger partial charge on any atom is -0.453 e. The van der Waals surface area contributed by atoms with E-state index in [1.54, 1.807) is 0 Å². The van der Waals surface area contributed by atoms with Crippen molar-refractivity contribution >= 4 is 17.1 Å². The van der Waals surface area contributed by atoms with Crippen LogP contribution in [-0.2, 0) is 5.41 Å². The van der Waals surface area contributed by atoms with E-state index in [0.717, 1.165) is 50.8 Å². The molecule has 2 aliphatic carbocycles. The molecule has 0 radical (unpaired) electrons. The van der Waals surface area contributed by atoms with Crippen LogP contribution in [0.2, 0.25) is 0 Å². The van der Waals surface area contributed by atoms with Gasteiger partial charge in [0, 0.05) is 5.69 Å². The number of rotatable bonds is 5. The van der Waals surface area contributed by atoms with Gasteiger partial charge in [-0.2, -0.15) is 0 Å². The van der Waals surface area contributed by atoms with Gasteiger partial charge in [-0.05, 0) is 131 Å². The van der Waals surface area contributed by atoms with Crippen LogP contribution in [0.3, 0.4) is 0 Å². The molecule has 0 bridgehead atoms. The fourth-order valence-electron chi connectivity index (χ4n) is 10.7. The van der Waals surface area contributed by atoms with Gasteiger partial charge in [-0.15, -0.1) is 0 Å². The summed E-state index contributed by atoms with van der Waals surface area (Å²) in [6, 6.07) is 86.2. The van der Waals surface area contributed by atoms with Crippen molar-refractivity contribution in [2.24, 2.45) is 0 Å². The molecule has 294 valence electrons. The van der Waals surface area contributed by atoms with Crippen molar-refractivity contribution in [3.8, 4) is 78.3 Å². The van der Waals surface area contributed by atoms with Crippen molar-refractivity contribution < 1.29 is 4.74 Å². The van der Waals surface area contributed by atoms with E-state index in [1.165, 1.54) is 66.8 Å². The van der Waals surface area contributed by atoms with E-state index in [-0.39, 0.29) is 0 Å². The number of fused-ring (bicyclic) bond motifs is 12. The van der Waals surface area contributed by atoms with Gasteiger partial charge in [0.1, 0.15) is 0 Å². The Morgan fingerprint density at radius 3 is 1.37 bits per heavy atom. The van der Waals surface area contributed by atoms with Gasteiger partial charge < -0.3 is 9.64 Å². The van der Waals surface area contributed by atoms with Crippen LogP contribution in [0, 0.1) is 0 Å². The number of benzene rings is 10. The molecule has 10 aromatic rings. The van der Waals surface area contributed by atoms with Crippen molar-refractivity contribution in [2.75, 3.05) is 4.90 Å². The topological polar surface area (TPSA) is 12.5 Å². The van der Waals surface area contributed by atoms with Crippen molar-refractivity contribution in [2.45, 2.75) is 5.41 Å². The van der Waals surface area contributed by atoms with Gasteiger partial charge in [0.25, 0.3) is 0 Å². The van der Waals surface area contributed by atoms with Crippen molar-refractivity contribution in [1.82, 2.24) is 0 Å². The predicted molar refractivity (Wildman–Crippen MR) is 259 cm³/mol. The van der Waals surface area contributed by atoms with E-state index in [4.69, 9.17) is 4.74 Å². The third-order valence-corrected chi connectivity index (χ3v) is 13.5. The van der Waals surface area contributed by atoms with E-state index >= 15 is 0 Å². The Bertz CT molecular complexity index is 3320. The Morgan fingerprint density at radius 1 is 0.286 bits per heavy atom. The van der Waals surface area contributed by atoms with E-state index < -0.39 is 5.41 Å². The molecule has 1 spiro atoms. The van der Waals surface area contributed by atoms with E-state index in [1.807, 2.05) is 0 Å². The third kappa shape index (κ3) is 5.32. The van der Waals surface area contributed by atoms with Gasteiger partial charge in [-0.3, -0.25) is 0 Å². The molecular formula is C61H39NO. The normalized spacial score (nSPS) is 14.8. The Hall–Kier alpha value is -8.20. The van der Waals surface area contributed by atoms with E-state index in [2.05, 4.69) is 241 Å². The van der Waals surface area contributed by atoms with Crippen LogP contribution in [0.5, 0.6) is 11.5 Å². The lowest BCUT2D eigenvalue weighted by atomic mass is 9.70. The maximum atomic E-state index is 6.79. The van der Waals surface area contributed by atoms with Crippen molar-refractivity contribution in [1.29, 1.82) is 0 Å². The quantitative estimate of drug-likeness (QED) is 0.172. The first-order valence-electron chi connectivity index (χ1n) is 21.7. The molecule has 3 aliphatic rings. The van der Waals surface area contributed by atoms with Gasteiger partial charge >= 0.3 is 0 Å². The Balaban J connectivity index is 0.924. The predicted octanol–water partition coefficient (Wildman–Crippen LogP) is 16.3. The second-order valence-electron chi connectivity index (χ2n) is 16.8. The molecule has 1 aliphatic heterocycles. The molecule has 1 unspecified atom stereocenters. The maximum Gasteiger partial charge on any atom is 0.152 e. The number of anilines is 3.